The largest absolute Gasteiger partial charge is 0.402 e. The van der Waals surface area contributed by atoms with E-state index in [1.54, 1.807) is 6.92 Å². The summed E-state index contributed by atoms with van der Waals surface area (Å²) in [6.07, 6.45) is -4.30. The molecule has 0 atom stereocenters. The molecule has 0 fully saturated rings. The van der Waals surface area contributed by atoms with Crippen LogP contribution in [0.15, 0.2) is 16.3 Å². The van der Waals surface area contributed by atoms with E-state index in [4.69, 9.17) is 5.11 Å². The third kappa shape index (κ3) is 4.44. The third-order valence-electron chi connectivity index (χ3n) is 2.22. The monoisotopic (exact) mass is 317 g/mol. The highest BCUT2D eigenvalue weighted by Crippen LogP contribution is 2.27. The quantitative estimate of drug-likeness (QED) is 0.875. The van der Waals surface area contributed by atoms with E-state index < -0.39 is 22.7 Å². The van der Waals surface area contributed by atoms with E-state index >= 15 is 0 Å². The first kappa shape index (κ1) is 16.4. The topological polar surface area (TPSA) is 57.6 Å². The summed E-state index contributed by atoms with van der Waals surface area (Å²) in [6.45, 7) is -0.441. The second-order valence-electron chi connectivity index (χ2n) is 3.83. The van der Waals surface area contributed by atoms with E-state index in [0.29, 0.717) is 9.18 Å². The van der Waals surface area contributed by atoms with Gasteiger partial charge in [-0.1, -0.05) is 6.92 Å². The maximum Gasteiger partial charge on any atom is 0.402 e. The van der Waals surface area contributed by atoms with Crippen LogP contribution >= 0.6 is 11.3 Å². The second-order valence-corrected chi connectivity index (χ2v) is 7.17. The molecule has 1 N–H and O–H groups in total. The molecule has 0 spiro atoms. The van der Waals surface area contributed by atoms with Crippen molar-refractivity contribution in [2.24, 2.45) is 0 Å². The molecule has 110 valence electrons. The van der Waals surface area contributed by atoms with Crippen molar-refractivity contribution in [3.63, 3.8) is 0 Å². The van der Waals surface area contributed by atoms with E-state index in [9.17, 15) is 21.6 Å². The second kappa shape index (κ2) is 6.21. The van der Waals surface area contributed by atoms with Gasteiger partial charge in [-0.05, 0) is 18.6 Å². The molecule has 0 aliphatic rings. The summed E-state index contributed by atoms with van der Waals surface area (Å²) in [7, 11) is -4.16. The number of hydrogen-bond donors (Lipinski definition) is 1. The molecular formula is C10H14F3NO3S2. The molecule has 0 aromatic carbocycles. The first-order valence-electron chi connectivity index (χ1n) is 5.47. The van der Waals surface area contributed by atoms with Gasteiger partial charge in [0.15, 0.2) is 0 Å². The summed E-state index contributed by atoms with van der Waals surface area (Å²) >= 11 is 0.773. The van der Waals surface area contributed by atoms with Gasteiger partial charge in [0.25, 0.3) is 10.0 Å². The minimum Gasteiger partial charge on any atom is -0.391 e. The lowest BCUT2D eigenvalue weighted by atomic mass is 10.5. The molecule has 0 amide bonds. The number of aliphatic hydroxyl groups excluding tert-OH is 1. The Balaban J connectivity index is 3.05. The number of aliphatic hydroxyl groups is 1. The zero-order valence-corrected chi connectivity index (χ0v) is 11.8. The molecule has 19 heavy (non-hydrogen) atoms. The SMILES string of the molecule is CCCN(CC(F)(F)F)S(=O)(=O)c1ccc(CO)s1. The summed E-state index contributed by atoms with van der Waals surface area (Å²) in [6, 6.07) is 2.60. The highest BCUT2D eigenvalue weighted by Gasteiger charge is 2.37. The maximum absolute atomic E-state index is 12.4. The molecule has 1 rings (SSSR count). The van der Waals surface area contributed by atoms with E-state index in [2.05, 4.69) is 0 Å². The van der Waals surface area contributed by atoms with Crippen molar-refractivity contribution >= 4 is 21.4 Å². The Morgan fingerprint density at radius 2 is 2.00 bits per heavy atom. The van der Waals surface area contributed by atoms with Crippen molar-refractivity contribution in [1.82, 2.24) is 4.31 Å². The Kier molecular flexibility index (Phi) is 5.36. The van der Waals surface area contributed by atoms with E-state index in [-0.39, 0.29) is 23.8 Å². The zero-order chi connectivity index (χ0) is 14.7. The van der Waals surface area contributed by atoms with Gasteiger partial charge >= 0.3 is 6.18 Å². The van der Waals surface area contributed by atoms with E-state index in [1.165, 1.54) is 12.1 Å². The molecule has 0 radical (unpaired) electrons. The number of sulfonamides is 1. The molecule has 0 saturated carbocycles. The average molecular weight is 317 g/mol. The van der Waals surface area contributed by atoms with Crippen molar-refractivity contribution < 1.29 is 26.7 Å². The predicted molar refractivity (Wildman–Crippen MR) is 65.3 cm³/mol. The Hall–Kier alpha value is -0.640. The molecule has 0 aliphatic carbocycles. The predicted octanol–water partition coefficient (Wildman–Crippen LogP) is 2.20. The summed E-state index contributed by atoms with van der Waals surface area (Å²) in [5.41, 5.74) is 0. The van der Waals surface area contributed by atoms with Crippen LogP contribution in [0.4, 0.5) is 13.2 Å². The molecule has 1 heterocycles. The van der Waals surface area contributed by atoms with E-state index in [0.717, 1.165) is 11.3 Å². The first-order valence-corrected chi connectivity index (χ1v) is 7.73. The zero-order valence-electron chi connectivity index (χ0n) is 10.1. The molecule has 0 bridgehead atoms. The Bertz CT molecular complexity index is 510. The summed E-state index contributed by atoms with van der Waals surface area (Å²) < 4.78 is 61.6. The van der Waals surface area contributed by atoms with Crippen molar-refractivity contribution in [3.8, 4) is 0 Å². The number of halogens is 3. The normalized spacial score (nSPS) is 13.2. The molecule has 0 saturated heterocycles. The Morgan fingerprint density at radius 1 is 1.37 bits per heavy atom. The van der Waals surface area contributed by atoms with Crippen LogP contribution in [0.25, 0.3) is 0 Å². The van der Waals surface area contributed by atoms with Gasteiger partial charge in [-0.3, -0.25) is 0 Å². The maximum atomic E-state index is 12.4. The van der Waals surface area contributed by atoms with Crippen LogP contribution in [0.1, 0.15) is 18.2 Å². The number of hydrogen-bond acceptors (Lipinski definition) is 4. The highest BCUT2D eigenvalue weighted by atomic mass is 32.2. The fourth-order valence-electron chi connectivity index (χ4n) is 1.44. The lowest BCUT2D eigenvalue weighted by molar-refractivity contribution is -0.136. The molecule has 1 aromatic rings. The molecule has 0 unspecified atom stereocenters. The standard InChI is InChI=1S/C10H14F3NO3S2/c1-2-5-14(7-10(11,12)13)19(16,17)9-4-3-8(6-15)18-9/h3-4,15H,2,5-7H2,1H3. The van der Waals surface area contributed by atoms with Gasteiger partial charge in [-0.2, -0.15) is 17.5 Å². The van der Waals surface area contributed by atoms with Crippen molar-refractivity contribution in [2.75, 3.05) is 13.1 Å². The molecule has 1 aromatic heterocycles. The smallest absolute Gasteiger partial charge is 0.391 e. The number of nitrogens with zero attached hydrogens (tertiary/aromatic N) is 1. The van der Waals surface area contributed by atoms with Crippen LogP contribution < -0.4 is 0 Å². The summed E-state index contributed by atoms with van der Waals surface area (Å²) in [5.74, 6) is 0. The average Bonchev–Trinajstić information content (AvgIpc) is 2.75. The highest BCUT2D eigenvalue weighted by molar-refractivity contribution is 7.91. The number of alkyl halides is 3. The number of thiophene rings is 1. The summed E-state index contributed by atoms with van der Waals surface area (Å²) in [5, 5.41) is 8.87. The minimum absolute atomic E-state index is 0.186. The third-order valence-corrected chi connectivity index (χ3v) is 5.60. The van der Waals surface area contributed by atoms with Gasteiger partial charge in [-0.25, -0.2) is 8.42 Å². The van der Waals surface area contributed by atoms with E-state index in [1.807, 2.05) is 0 Å². The first-order chi connectivity index (χ1) is 8.70. The van der Waals surface area contributed by atoms with Gasteiger partial charge in [0.1, 0.15) is 10.8 Å². The fraction of sp³-hybridized carbons (Fsp3) is 0.600. The molecule has 0 aliphatic heterocycles. The molecular weight excluding hydrogens is 303 g/mol. The number of rotatable bonds is 6. The van der Waals surface area contributed by atoms with Crippen LogP contribution in [0, 0.1) is 0 Å². The Morgan fingerprint density at radius 3 is 2.42 bits per heavy atom. The van der Waals surface area contributed by atoms with Gasteiger partial charge in [-0.15, -0.1) is 11.3 Å². The van der Waals surface area contributed by atoms with Gasteiger partial charge in [0.2, 0.25) is 0 Å². The molecule has 4 nitrogen and oxygen atoms in total. The lowest BCUT2D eigenvalue weighted by Gasteiger charge is -2.21. The van der Waals surface area contributed by atoms with Gasteiger partial charge < -0.3 is 5.11 Å². The van der Waals surface area contributed by atoms with Gasteiger partial charge in [0, 0.05) is 11.4 Å². The van der Waals surface area contributed by atoms with Crippen LogP contribution in [0.3, 0.4) is 0 Å². The van der Waals surface area contributed by atoms with Crippen LogP contribution in [-0.4, -0.2) is 37.1 Å². The van der Waals surface area contributed by atoms with Crippen molar-refractivity contribution in [3.05, 3.63) is 17.0 Å². The van der Waals surface area contributed by atoms with Crippen LogP contribution in [0.2, 0.25) is 0 Å². The van der Waals surface area contributed by atoms with Crippen molar-refractivity contribution in [1.29, 1.82) is 0 Å². The minimum atomic E-state index is -4.58. The summed E-state index contributed by atoms with van der Waals surface area (Å²) in [4.78, 5) is 0.391. The van der Waals surface area contributed by atoms with Crippen LogP contribution in [0.5, 0.6) is 0 Å². The van der Waals surface area contributed by atoms with Crippen molar-refractivity contribution in [2.45, 2.75) is 30.3 Å². The lowest BCUT2D eigenvalue weighted by Crippen LogP contribution is -2.39. The Labute approximate surface area is 113 Å². The van der Waals surface area contributed by atoms with Gasteiger partial charge in [0.05, 0.1) is 6.61 Å². The van der Waals surface area contributed by atoms with Crippen LogP contribution in [-0.2, 0) is 16.6 Å². The molecule has 9 heteroatoms. The fourth-order valence-corrected chi connectivity index (χ4v) is 4.33.